The van der Waals surface area contributed by atoms with Gasteiger partial charge in [0.25, 0.3) is 0 Å². The molecule has 112 valence electrons. The molecule has 3 nitrogen and oxygen atoms in total. The molecule has 0 aliphatic heterocycles. The van der Waals surface area contributed by atoms with Crippen molar-refractivity contribution in [3.63, 3.8) is 0 Å². The summed E-state index contributed by atoms with van der Waals surface area (Å²) in [6.07, 6.45) is 0. The number of hydrogen-bond acceptors (Lipinski definition) is 4. The SMILES string of the molecule is Fc1ccc(SCc2nc(-c3cccc(Cl)c3)no2)c(F)c1. The zero-order chi connectivity index (χ0) is 15.5. The Morgan fingerprint density at radius 3 is 2.77 bits per heavy atom. The average Bonchev–Trinajstić information content (AvgIpc) is 2.95. The zero-order valence-corrected chi connectivity index (χ0v) is 12.7. The van der Waals surface area contributed by atoms with Crippen molar-refractivity contribution in [1.29, 1.82) is 0 Å². The smallest absolute Gasteiger partial charge is 0.237 e. The van der Waals surface area contributed by atoms with Gasteiger partial charge in [-0.1, -0.05) is 28.9 Å². The molecular weight excluding hydrogens is 330 g/mol. The Kier molecular flexibility index (Phi) is 4.40. The lowest BCUT2D eigenvalue weighted by Gasteiger charge is -2.00. The molecule has 0 unspecified atom stereocenters. The summed E-state index contributed by atoms with van der Waals surface area (Å²) in [5, 5.41) is 4.44. The summed E-state index contributed by atoms with van der Waals surface area (Å²) in [6.45, 7) is 0. The summed E-state index contributed by atoms with van der Waals surface area (Å²) in [7, 11) is 0. The number of rotatable bonds is 4. The first-order valence-electron chi connectivity index (χ1n) is 6.28. The monoisotopic (exact) mass is 338 g/mol. The van der Waals surface area contributed by atoms with Crippen LogP contribution in [0.25, 0.3) is 11.4 Å². The fourth-order valence-electron chi connectivity index (χ4n) is 1.79. The van der Waals surface area contributed by atoms with Crippen LogP contribution in [0, 0.1) is 11.6 Å². The Morgan fingerprint density at radius 1 is 1.14 bits per heavy atom. The maximum atomic E-state index is 13.5. The minimum absolute atomic E-state index is 0.288. The maximum Gasteiger partial charge on any atom is 0.237 e. The first-order chi connectivity index (χ1) is 10.6. The molecule has 0 bridgehead atoms. The number of aromatic nitrogens is 2. The molecule has 3 aromatic rings. The summed E-state index contributed by atoms with van der Waals surface area (Å²) in [5.74, 6) is -0.167. The van der Waals surface area contributed by atoms with E-state index >= 15 is 0 Å². The molecule has 0 aliphatic carbocycles. The minimum atomic E-state index is -0.612. The molecule has 0 N–H and O–H groups in total. The van der Waals surface area contributed by atoms with Crippen LogP contribution in [0.15, 0.2) is 51.9 Å². The van der Waals surface area contributed by atoms with Crippen LogP contribution in [0.4, 0.5) is 8.78 Å². The van der Waals surface area contributed by atoms with Crippen LogP contribution in [0.1, 0.15) is 5.89 Å². The van der Waals surface area contributed by atoms with Crippen LogP contribution < -0.4 is 0 Å². The highest BCUT2D eigenvalue weighted by Crippen LogP contribution is 2.26. The number of halogens is 3. The molecule has 0 aliphatic rings. The van der Waals surface area contributed by atoms with Gasteiger partial charge in [-0.05, 0) is 24.3 Å². The Bertz CT molecular complexity index is 810. The molecule has 0 amide bonds. The molecule has 1 aromatic heterocycles. The molecule has 0 saturated heterocycles. The Morgan fingerprint density at radius 2 is 2.00 bits per heavy atom. The highest BCUT2D eigenvalue weighted by Gasteiger charge is 2.11. The third-order valence-electron chi connectivity index (χ3n) is 2.80. The first-order valence-corrected chi connectivity index (χ1v) is 7.64. The van der Waals surface area contributed by atoms with Crippen LogP contribution in [0.2, 0.25) is 5.02 Å². The number of thioether (sulfide) groups is 1. The van der Waals surface area contributed by atoms with Gasteiger partial charge in [-0.3, -0.25) is 0 Å². The van der Waals surface area contributed by atoms with Gasteiger partial charge in [0.1, 0.15) is 11.6 Å². The van der Waals surface area contributed by atoms with Crippen molar-refractivity contribution in [2.75, 3.05) is 0 Å². The quantitative estimate of drug-likeness (QED) is 0.630. The summed E-state index contributed by atoms with van der Waals surface area (Å²) in [4.78, 5) is 4.55. The lowest BCUT2D eigenvalue weighted by molar-refractivity contribution is 0.391. The van der Waals surface area contributed by atoms with E-state index in [0.29, 0.717) is 21.6 Å². The van der Waals surface area contributed by atoms with E-state index in [0.717, 1.165) is 23.4 Å². The third-order valence-corrected chi connectivity index (χ3v) is 4.06. The van der Waals surface area contributed by atoms with Crippen molar-refractivity contribution < 1.29 is 13.3 Å². The van der Waals surface area contributed by atoms with Gasteiger partial charge in [0.05, 0.1) is 5.75 Å². The molecular formula is C15H9ClF2N2OS. The highest BCUT2D eigenvalue weighted by atomic mass is 35.5. The van der Waals surface area contributed by atoms with Gasteiger partial charge in [-0.25, -0.2) is 8.78 Å². The molecule has 3 rings (SSSR count). The normalized spacial score (nSPS) is 10.9. The van der Waals surface area contributed by atoms with Gasteiger partial charge in [0.15, 0.2) is 0 Å². The van der Waals surface area contributed by atoms with Gasteiger partial charge >= 0.3 is 0 Å². The van der Waals surface area contributed by atoms with E-state index in [1.54, 1.807) is 18.2 Å². The predicted octanol–water partition coefficient (Wildman–Crippen LogP) is 4.96. The number of hydrogen-bond donors (Lipinski definition) is 0. The largest absolute Gasteiger partial charge is 0.338 e. The molecule has 2 aromatic carbocycles. The topological polar surface area (TPSA) is 38.9 Å². The second-order valence-electron chi connectivity index (χ2n) is 4.39. The average molecular weight is 339 g/mol. The lowest BCUT2D eigenvalue weighted by Crippen LogP contribution is -1.86. The van der Waals surface area contributed by atoms with Crippen molar-refractivity contribution in [2.45, 2.75) is 10.6 Å². The summed E-state index contributed by atoms with van der Waals surface area (Å²) < 4.78 is 31.5. The molecule has 1 heterocycles. The van der Waals surface area contributed by atoms with Crippen LogP contribution in [0.3, 0.4) is 0 Å². The van der Waals surface area contributed by atoms with Gasteiger partial charge in [-0.15, -0.1) is 11.8 Å². The van der Waals surface area contributed by atoms with E-state index in [2.05, 4.69) is 10.1 Å². The van der Waals surface area contributed by atoms with Crippen molar-refractivity contribution >= 4 is 23.4 Å². The number of nitrogens with zero attached hydrogens (tertiary/aromatic N) is 2. The Labute approximate surface area is 134 Å². The van der Waals surface area contributed by atoms with Crippen LogP contribution in [0.5, 0.6) is 0 Å². The van der Waals surface area contributed by atoms with Crippen LogP contribution >= 0.6 is 23.4 Å². The number of benzene rings is 2. The standard InChI is InChI=1S/C15H9ClF2N2OS/c16-10-3-1-2-9(6-10)15-19-14(21-20-15)8-22-13-5-4-11(17)7-12(13)18/h1-7H,8H2. The van der Waals surface area contributed by atoms with E-state index in [1.807, 2.05) is 6.07 Å². The molecule has 0 atom stereocenters. The molecule has 0 saturated carbocycles. The Hall–Kier alpha value is -1.92. The van der Waals surface area contributed by atoms with E-state index in [9.17, 15) is 8.78 Å². The molecule has 0 fully saturated rings. The zero-order valence-electron chi connectivity index (χ0n) is 11.1. The molecule has 7 heteroatoms. The maximum absolute atomic E-state index is 13.5. The van der Waals surface area contributed by atoms with Crippen molar-refractivity contribution in [1.82, 2.24) is 10.1 Å². The van der Waals surface area contributed by atoms with Gasteiger partial charge in [-0.2, -0.15) is 4.98 Å². The molecule has 0 radical (unpaired) electrons. The van der Waals surface area contributed by atoms with Gasteiger partial charge in [0.2, 0.25) is 11.7 Å². The van der Waals surface area contributed by atoms with Crippen molar-refractivity contribution in [3.8, 4) is 11.4 Å². The second kappa shape index (κ2) is 6.46. The van der Waals surface area contributed by atoms with Crippen LogP contribution in [-0.2, 0) is 5.75 Å². The fraction of sp³-hybridized carbons (Fsp3) is 0.0667. The van der Waals surface area contributed by atoms with E-state index in [1.165, 1.54) is 12.1 Å². The molecule has 22 heavy (non-hydrogen) atoms. The second-order valence-corrected chi connectivity index (χ2v) is 5.84. The highest BCUT2D eigenvalue weighted by molar-refractivity contribution is 7.98. The van der Waals surface area contributed by atoms with E-state index < -0.39 is 11.6 Å². The summed E-state index contributed by atoms with van der Waals surface area (Å²) in [6, 6.07) is 10.5. The van der Waals surface area contributed by atoms with Crippen molar-refractivity contribution in [3.05, 3.63) is 65.0 Å². The van der Waals surface area contributed by atoms with Gasteiger partial charge < -0.3 is 4.52 Å². The van der Waals surface area contributed by atoms with E-state index in [-0.39, 0.29) is 5.75 Å². The van der Waals surface area contributed by atoms with Gasteiger partial charge in [0, 0.05) is 21.5 Å². The fourth-order valence-corrected chi connectivity index (χ4v) is 2.74. The summed E-state index contributed by atoms with van der Waals surface area (Å²) >= 11 is 7.07. The molecule has 0 spiro atoms. The van der Waals surface area contributed by atoms with Crippen molar-refractivity contribution in [2.24, 2.45) is 0 Å². The minimum Gasteiger partial charge on any atom is -0.338 e. The van der Waals surface area contributed by atoms with Crippen LogP contribution in [-0.4, -0.2) is 10.1 Å². The first kappa shape index (κ1) is 15.0. The third kappa shape index (κ3) is 3.45. The summed E-state index contributed by atoms with van der Waals surface area (Å²) in [5.41, 5.74) is 0.737. The van der Waals surface area contributed by atoms with E-state index in [4.69, 9.17) is 16.1 Å². The predicted molar refractivity (Wildman–Crippen MR) is 80.7 cm³/mol. The Balaban J connectivity index is 1.72. The lowest BCUT2D eigenvalue weighted by atomic mass is 10.2.